The number of H-pyrrole nitrogens is 1. The van der Waals surface area contributed by atoms with Gasteiger partial charge >= 0.3 is 0 Å². The number of aromatic nitrogens is 2. The van der Waals surface area contributed by atoms with Gasteiger partial charge in [0.2, 0.25) is 17.7 Å². The number of aromatic hydroxyl groups is 1. The summed E-state index contributed by atoms with van der Waals surface area (Å²) in [6.07, 6.45) is 0. The molecule has 0 saturated carbocycles. The van der Waals surface area contributed by atoms with Gasteiger partial charge in [-0.2, -0.15) is 4.98 Å². The van der Waals surface area contributed by atoms with E-state index in [0.29, 0.717) is 5.69 Å². The second-order valence-corrected chi connectivity index (χ2v) is 5.42. The minimum absolute atomic E-state index is 0.00322. The summed E-state index contributed by atoms with van der Waals surface area (Å²) in [5.41, 5.74) is -0.363. The molecular formula is C14H14N4O4S. The predicted octanol–water partition coefficient (Wildman–Crippen LogP) is 1.16. The maximum Gasteiger partial charge on any atom is 0.279 e. The summed E-state index contributed by atoms with van der Waals surface area (Å²) in [4.78, 5) is 40.6. The fraction of sp³-hybridized carbons (Fsp3) is 0.143. The van der Waals surface area contributed by atoms with Crippen LogP contribution >= 0.6 is 11.8 Å². The zero-order valence-corrected chi connectivity index (χ0v) is 12.9. The van der Waals surface area contributed by atoms with Gasteiger partial charge in [-0.05, 0) is 12.1 Å². The highest BCUT2D eigenvalue weighted by atomic mass is 32.2. The molecule has 4 N–H and O–H groups in total. The summed E-state index contributed by atoms with van der Waals surface area (Å²) >= 11 is 0.952. The Bertz CT molecular complexity index is 776. The van der Waals surface area contributed by atoms with Crippen molar-refractivity contribution in [2.45, 2.75) is 12.1 Å². The minimum Gasteiger partial charge on any atom is -0.492 e. The molecule has 1 aromatic carbocycles. The first-order valence-corrected chi connectivity index (χ1v) is 7.53. The fourth-order valence-corrected chi connectivity index (χ4v) is 2.31. The molecule has 120 valence electrons. The molecule has 8 nitrogen and oxygen atoms in total. The van der Waals surface area contributed by atoms with Crippen molar-refractivity contribution in [1.82, 2.24) is 9.97 Å². The molecule has 0 unspecified atom stereocenters. The van der Waals surface area contributed by atoms with E-state index in [2.05, 4.69) is 20.6 Å². The zero-order valence-electron chi connectivity index (χ0n) is 12.1. The summed E-state index contributed by atoms with van der Waals surface area (Å²) < 4.78 is 0. The third kappa shape index (κ3) is 4.85. The summed E-state index contributed by atoms with van der Waals surface area (Å²) in [7, 11) is 0. The van der Waals surface area contributed by atoms with Crippen LogP contribution in [0.2, 0.25) is 0 Å². The van der Waals surface area contributed by atoms with Gasteiger partial charge in [0, 0.05) is 12.6 Å². The summed E-state index contributed by atoms with van der Waals surface area (Å²) in [5.74, 6) is -1.39. The lowest BCUT2D eigenvalue weighted by molar-refractivity contribution is -0.114. The van der Waals surface area contributed by atoms with E-state index in [1.165, 1.54) is 6.92 Å². The third-order valence-corrected chi connectivity index (χ3v) is 3.45. The first kappa shape index (κ1) is 16.6. The van der Waals surface area contributed by atoms with Crippen molar-refractivity contribution in [3.05, 3.63) is 40.7 Å². The molecule has 0 aliphatic heterocycles. The van der Waals surface area contributed by atoms with Crippen molar-refractivity contribution >= 4 is 35.0 Å². The Morgan fingerprint density at radius 1 is 1.26 bits per heavy atom. The molecule has 0 saturated heterocycles. The van der Waals surface area contributed by atoms with Gasteiger partial charge < -0.3 is 15.7 Å². The first-order valence-electron chi connectivity index (χ1n) is 6.54. The molecule has 0 aliphatic rings. The molecule has 1 aromatic heterocycles. The molecule has 0 fully saturated rings. The number of thioether (sulfide) groups is 1. The average molecular weight is 334 g/mol. The van der Waals surface area contributed by atoms with Crippen LogP contribution in [0.4, 0.5) is 11.4 Å². The smallest absolute Gasteiger partial charge is 0.279 e. The lowest BCUT2D eigenvalue weighted by Gasteiger charge is -2.06. The van der Waals surface area contributed by atoms with E-state index in [1.807, 2.05) is 6.07 Å². The van der Waals surface area contributed by atoms with Gasteiger partial charge in [-0.3, -0.25) is 19.4 Å². The van der Waals surface area contributed by atoms with Gasteiger partial charge in [0.1, 0.15) is 0 Å². The number of amides is 2. The number of hydrogen-bond acceptors (Lipinski definition) is 6. The van der Waals surface area contributed by atoms with E-state index in [9.17, 15) is 19.5 Å². The molecule has 0 radical (unpaired) electrons. The second kappa shape index (κ2) is 7.45. The number of para-hydroxylation sites is 1. The Morgan fingerprint density at radius 3 is 2.57 bits per heavy atom. The van der Waals surface area contributed by atoms with Crippen molar-refractivity contribution in [3.63, 3.8) is 0 Å². The van der Waals surface area contributed by atoms with Gasteiger partial charge in [-0.1, -0.05) is 30.0 Å². The SMILES string of the molecule is CC(=O)Nc1c(O)nc(SCC(=O)Nc2ccccc2)[nH]c1=O. The Balaban J connectivity index is 1.99. The van der Waals surface area contributed by atoms with Crippen LogP contribution in [0, 0.1) is 0 Å². The van der Waals surface area contributed by atoms with Gasteiger partial charge in [0.15, 0.2) is 10.8 Å². The highest BCUT2D eigenvalue weighted by molar-refractivity contribution is 7.99. The largest absolute Gasteiger partial charge is 0.492 e. The van der Waals surface area contributed by atoms with E-state index in [1.54, 1.807) is 24.3 Å². The van der Waals surface area contributed by atoms with Gasteiger partial charge in [-0.25, -0.2) is 0 Å². The van der Waals surface area contributed by atoms with Crippen LogP contribution < -0.4 is 16.2 Å². The van der Waals surface area contributed by atoms with Crippen LogP contribution in [0.15, 0.2) is 40.3 Å². The van der Waals surface area contributed by atoms with Gasteiger partial charge in [-0.15, -0.1) is 0 Å². The number of nitrogens with zero attached hydrogens (tertiary/aromatic N) is 1. The van der Waals surface area contributed by atoms with Gasteiger partial charge in [0.25, 0.3) is 5.56 Å². The maximum absolute atomic E-state index is 11.8. The number of carbonyl (C=O) groups is 2. The molecule has 0 bridgehead atoms. The number of benzene rings is 1. The second-order valence-electron chi connectivity index (χ2n) is 4.45. The zero-order chi connectivity index (χ0) is 16.8. The topological polar surface area (TPSA) is 124 Å². The molecule has 23 heavy (non-hydrogen) atoms. The van der Waals surface area contributed by atoms with Crippen LogP contribution in [-0.2, 0) is 9.59 Å². The van der Waals surface area contributed by atoms with Crippen molar-refractivity contribution < 1.29 is 14.7 Å². The van der Waals surface area contributed by atoms with E-state index in [0.717, 1.165) is 11.8 Å². The third-order valence-electron chi connectivity index (χ3n) is 2.58. The van der Waals surface area contributed by atoms with E-state index >= 15 is 0 Å². The molecule has 2 aromatic rings. The monoisotopic (exact) mass is 334 g/mol. The van der Waals surface area contributed by atoms with Crippen LogP contribution in [0.3, 0.4) is 0 Å². The quantitative estimate of drug-likeness (QED) is 0.480. The number of nitrogens with one attached hydrogen (secondary N) is 3. The minimum atomic E-state index is -0.696. The molecule has 0 atom stereocenters. The first-order chi connectivity index (χ1) is 11.0. The number of rotatable bonds is 5. The van der Waals surface area contributed by atoms with E-state index < -0.39 is 17.3 Å². The number of hydrogen-bond donors (Lipinski definition) is 4. The van der Waals surface area contributed by atoms with Crippen molar-refractivity contribution in [3.8, 4) is 5.88 Å². The molecule has 0 aliphatic carbocycles. The van der Waals surface area contributed by atoms with E-state index in [-0.39, 0.29) is 22.5 Å². The van der Waals surface area contributed by atoms with Crippen molar-refractivity contribution in [2.24, 2.45) is 0 Å². The standard InChI is InChI=1S/C14H14N4O4S/c1-8(19)15-11-12(21)17-14(18-13(11)22)23-7-10(20)16-9-5-3-2-4-6-9/h2-6H,7H2,1H3,(H,15,19)(H,16,20)(H2,17,18,21,22). The summed E-state index contributed by atoms with van der Waals surface area (Å²) in [6, 6.07) is 8.91. The average Bonchev–Trinajstić information content (AvgIpc) is 2.50. The summed E-state index contributed by atoms with van der Waals surface area (Å²) in [5, 5.41) is 14.6. The van der Waals surface area contributed by atoms with Crippen molar-refractivity contribution in [1.29, 1.82) is 0 Å². The molecule has 1 heterocycles. The van der Waals surface area contributed by atoms with Crippen LogP contribution in [0.25, 0.3) is 0 Å². The Kier molecular flexibility index (Phi) is 5.36. The lowest BCUT2D eigenvalue weighted by atomic mass is 10.3. The van der Waals surface area contributed by atoms with Crippen LogP contribution in [-0.4, -0.2) is 32.6 Å². The number of carbonyl (C=O) groups excluding carboxylic acids is 2. The lowest BCUT2D eigenvalue weighted by Crippen LogP contribution is -2.19. The normalized spacial score (nSPS) is 10.1. The fourth-order valence-electron chi connectivity index (χ4n) is 1.65. The van der Waals surface area contributed by atoms with Crippen LogP contribution in [0.1, 0.15) is 6.92 Å². The van der Waals surface area contributed by atoms with E-state index in [4.69, 9.17) is 0 Å². The van der Waals surface area contributed by atoms with Crippen LogP contribution in [0.5, 0.6) is 5.88 Å². The highest BCUT2D eigenvalue weighted by Crippen LogP contribution is 2.19. The highest BCUT2D eigenvalue weighted by Gasteiger charge is 2.13. The molecule has 2 rings (SSSR count). The Hall–Kier alpha value is -2.81. The number of aromatic amines is 1. The Morgan fingerprint density at radius 2 is 1.96 bits per heavy atom. The van der Waals surface area contributed by atoms with Crippen molar-refractivity contribution in [2.75, 3.05) is 16.4 Å². The van der Waals surface area contributed by atoms with Gasteiger partial charge in [0.05, 0.1) is 5.75 Å². The Labute approximate surface area is 135 Å². The number of anilines is 2. The molecule has 0 spiro atoms. The summed E-state index contributed by atoms with van der Waals surface area (Å²) in [6.45, 7) is 1.20. The molecule has 9 heteroatoms. The molecule has 2 amide bonds. The maximum atomic E-state index is 11.8. The predicted molar refractivity (Wildman–Crippen MR) is 86.6 cm³/mol. The molecular weight excluding hydrogens is 320 g/mol.